The van der Waals surface area contributed by atoms with Crippen LogP contribution in [0.2, 0.25) is 0 Å². The van der Waals surface area contributed by atoms with Crippen LogP contribution in [0.1, 0.15) is 21.5 Å². The monoisotopic (exact) mass is 476 g/mol. The summed E-state index contributed by atoms with van der Waals surface area (Å²) in [5.41, 5.74) is 2.90. The minimum Gasteiger partial charge on any atom is -0.497 e. The molecule has 2 N–H and O–H groups in total. The van der Waals surface area contributed by atoms with E-state index >= 15 is 0 Å². The summed E-state index contributed by atoms with van der Waals surface area (Å²) in [6.45, 7) is 2.32. The average molecular weight is 477 g/mol. The van der Waals surface area contributed by atoms with Gasteiger partial charge in [-0.2, -0.15) is 5.10 Å². The third-order valence-corrected chi connectivity index (χ3v) is 6.56. The molecule has 0 aliphatic heterocycles. The minimum atomic E-state index is -3.90. The lowest BCUT2D eigenvalue weighted by Crippen LogP contribution is -2.17. The Balaban J connectivity index is 1.49. The molecule has 4 rings (SSSR count). The Morgan fingerprint density at radius 1 is 1.00 bits per heavy atom. The number of sulfonamides is 1. The second kappa shape index (κ2) is 9.80. The molecule has 0 radical (unpaired) electrons. The molecule has 0 fully saturated rings. The van der Waals surface area contributed by atoms with E-state index in [9.17, 15) is 13.2 Å². The fraction of sp³-hybridized carbons (Fsp3) is 0.120. The molecule has 174 valence electrons. The molecule has 34 heavy (non-hydrogen) atoms. The molecule has 9 heteroatoms. The van der Waals surface area contributed by atoms with Gasteiger partial charge in [-0.1, -0.05) is 36.4 Å². The highest BCUT2D eigenvalue weighted by molar-refractivity contribution is 7.92. The summed E-state index contributed by atoms with van der Waals surface area (Å²) in [5, 5.41) is 7.08. The van der Waals surface area contributed by atoms with Crippen molar-refractivity contribution < 1.29 is 17.9 Å². The van der Waals surface area contributed by atoms with E-state index in [2.05, 4.69) is 15.1 Å². The van der Waals surface area contributed by atoms with E-state index < -0.39 is 15.9 Å². The zero-order valence-electron chi connectivity index (χ0n) is 18.7. The van der Waals surface area contributed by atoms with Gasteiger partial charge in [0.2, 0.25) is 0 Å². The van der Waals surface area contributed by atoms with Gasteiger partial charge < -0.3 is 10.1 Å². The Morgan fingerprint density at radius 3 is 2.44 bits per heavy atom. The van der Waals surface area contributed by atoms with Gasteiger partial charge in [-0.15, -0.1) is 0 Å². The first-order valence-corrected chi connectivity index (χ1v) is 12.0. The maximum Gasteiger partial charge on any atom is 0.261 e. The average Bonchev–Trinajstić information content (AvgIpc) is 3.26. The Bertz CT molecular complexity index is 1400. The van der Waals surface area contributed by atoms with Crippen LogP contribution in [-0.4, -0.2) is 31.2 Å². The van der Waals surface area contributed by atoms with Crippen molar-refractivity contribution in [3.63, 3.8) is 0 Å². The maximum absolute atomic E-state index is 12.9. The molecule has 0 saturated carbocycles. The molecule has 3 aromatic carbocycles. The zero-order chi connectivity index (χ0) is 24.1. The number of benzene rings is 3. The van der Waals surface area contributed by atoms with Crippen LogP contribution in [0.15, 0.2) is 90.1 Å². The SMILES string of the molecule is COc1ccc(NS(=O)(=O)c2ccc(C)c(C(=O)Nc3cnn(Cc4ccccc4)c3)c2)cc1. The van der Waals surface area contributed by atoms with E-state index in [1.807, 2.05) is 30.3 Å². The molecule has 0 spiro atoms. The number of anilines is 2. The second-order valence-electron chi connectivity index (χ2n) is 7.68. The standard InChI is InChI=1S/C25H24N4O4S/c1-18-8-13-23(34(31,32)28-20-9-11-22(33-2)12-10-20)14-24(18)25(30)27-21-15-26-29(17-21)16-19-6-4-3-5-7-19/h3-15,17,28H,16H2,1-2H3,(H,27,30). The van der Waals surface area contributed by atoms with Gasteiger partial charge in [-0.25, -0.2) is 8.42 Å². The van der Waals surface area contributed by atoms with Gasteiger partial charge in [0.05, 0.1) is 30.4 Å². The first kappa shape index (κ1) is 23.1. The lowest BCUT2D eigenvalue weighted by atomic mass is 10.1. The van der Waals surface area contributed by atoms with Crippen LogP contribution in [0.25, 0.3) is 0 Å². The fourth-order valence-corrected chi connectivity index (χ4v) is 4.45. The lowest BCUT2D eigenvalue weighted by Gasteiger charge is -2.12. The number of aryl methyl sites for hydroxylation is 1. The minimum absolute atomic E-state index is 0.0150. The maximum atomic E-state index is 12.9. The number of carbonyl (C=O) groups excluding carboxylic acids is 1. The largest absolute Gasteiger partial charge is 0.497 e. The van der Waals surface area contributed by atoms with Gasteiger partial charge in [0, 0.05) is 17.4 Å². The van der Waals surface area contributed by atoms with Crippen LogP contribution in [0.3, 0.4) is 0 Å². The number of rotatable bonds is 8. The van der Waals surface area contributed by atoms with Crippen LogP contribution < -0.4 is 14.8 Å². The lowest BCUT2D eigenvalue weighted by molar-refractivity contribution is 0.102. The molecule has 0 aliphatic rings. The number of carbonyl (C=O) groups is 1. The van der Waals surface area contributed by atoms with Crippen molar-refractivity contribution in [2.75, 3.05) is 17.1 Å². The third kappa shape index (κ3) is 5.44. The molecular weight excluding hydrogens is 452 g/mol. The third-order valence-electron chi connectivity index (χ3n) is 5.18. The second-order valence-corrected chi connectivity index (χ2v) is 9.36. The number of amides is 1. The fourth-order valence-electron chi connectivity index (χ4n) is 3.37. The summed E-state index contributed by atoms with van der Waals surface area (Å²) in [6.07, 6.45) is 3.29. The highest BCUT2D eigenvalue weighted by Gasteiger charge is 2.19. The summed E-state index contributed by atoms with van der Waals surface area (Å²) in [4.78, 5) is 12.9. The first-order chi connectivity index (χ1) is 16.3. The highest BCUT2D eigenvalue weighted by atomic mass is 32.2. The first-order valence-electron chi connectivity index (χ1n) is 10.5. The van der Waals surface area contributed by atoms with Gasteiger partial charge in [0.25, 0.3) is 15.9 Å². The molecule has 0 atom stereocenters. The Kier molecular flexibility index (Phi) is 6.65. The predicted octanol–water partition coefficient (Wildman–Crippen LogP) is 4.30. The molecule has 4 aromatic rings. The molecule has 1 heterocycles. The summed E-state index contributed by atoms with van der Waals surface area (Å²) < 4.78 is 35.1. The van der Waals surface area contributed by atoms with Gasteiger partial charge >= 0.3 is 0 Å². The van der Waals surface area contributed by atoms with Crippen LogP contribution in [-0.2, 0) is 16.6 Å². The molecular formula is C25H24N4O4S. The molecule has 0 aliphatic carbocycles. The van der Waals surface area contributed by atoms with Gasteiger partial charge in [-0.05, 0) is 54.4 Å². The highest BCUT2D eigenvalue weighted by Crippen LogP contribution is 2.22. The summed E-state index contributed by atoms with van der Waals surface area (Å²) >= 11 is 0. The van der Waals surface area contributed by atoms with Crippen molar-refractivity contribution in [2.45, 2.75) is 18.4 Å². The van der Waals surface area contributed by atoms with E-state index in [4.69, 9.17) is 4.74 Å². The molecule has 0 saturated heterocycles. The van der Waals surface area contributed by atoms with Crippen molar-refractivity contribution in [3.8, 4) is 5.75 Å². The number of nitrogens with one attached hydrogen (secondary N) is 2. The molecule has 1 aromatic heterocycles. The predicted molar refractivity (Wildman–Crippen MR) is 131 cm³/mol. The number of hydrogen-bond donors (Lipinski definition) is 2. The number of ether oxygens (including phenoxy) is 1. The molecule has 0 unspecified atom stereocenters. The molecule has 8 nitrogen and oxygen atoms in total. The van der Waals surface area contributed by atoms with Crippen molar-refractivity contribution in [1.29, 1.82) is 0 Å². The molecule has 1 amide bonds. The van der Waals surface area contributed by atoms with Gasteiger partial charge in [-0.3, -0.25) is 14.2 Å². The van der Waals surface area contributed by atoms with Crippen LogP contribution in [0, 0.1) is 6.92 Å². The normalized spacial score (nSPS) is 11.1. The quantitative estimate of drug-likeness (QED) is 0.395. The van der Waals surface area contributed by atoms with Crippen LogP contribution in [0.5, 0.6) is 5.75 Å². The Hall–Kier alpha value is -4.11. The summed E-state index contributed by atoms with van der Waals surface area (Å²) in [7, 11) is -2.36. The zero-order valence-corrected chi connectivity index (χ0v) is 19.5. The van der Waals surface area contributed by atoms with Gasteiger partial charge in [0.15, 0.2) is 0 Å². The van der Waals surface area contributed by atoms with E-state index in [-0.39, 0.29) is 10.5 Å². The topological polar surface area (TPSA) is 102 Å². The van der Waals surface area contributed by atoms with Crippen molar-refractivity contribution in [1.82, 2.24) is 9.78 Å². The van der Waals surface area contributed by atoms with E-state index in [1.54, 1.807) is 54.3 Å². The number of aromatic nitrogens is 2. The Labute approximate surface area is 198 Å². The number of hydrogen-bond acceptors (Lipinski definition) is 5. The van der Waals surface area contributed by atoms with Crippen molar-refractivity contribution >= 4 is 27.3 Å². The van der Waals surface area contributed by atoms with E-state index in [0.717, 1.165) is 5.56 Å². The van der Waals surface area contributed by atoms with Crippen molar-refractivity contribution in [3.05, 3.63) is 102 Å². The number of nitrogens with zero attached hydrogens (tertiary/aromatic N) is 2. The van der Waals surface area contributed by atoms with E-state index in [0.29, 0.717) is 29.2 Å². The van der Waals surface area contributed by atoms with Crippen LogP contribution >= 0.6 is 0 Å². The molecule has 0 bridgehead atoms. The summed E-state index contributed by atoms with van der Waals surface area (Å²) in [6, 6.07) is 20.8. The van der Waals surface area contributed by atoms with Crippen molar-refractivity contribution in [2.24, 2.45) is 0 Å². The number of methoxy groups -OCH3 is 1. The summed E-state index contributed by atoms with van der Waals surface area (Å²) in [5.74, 6) is 0.197. The van der Waals surface area contributed by atoms with Crippen LogP contribution in [0.4, 0.5) is 11.4 Å². The van der Waals surface area contributed by atoms with Gasteiger partial charge in [0.1, 0.15) is 5.75 Å². The Morgan fingerprint density at radius 2 is 1.74 bits per heavy atom. The van der Waals surface area contributed by atoms with E-state index in [1.165, 1.54) is 19.2 Å². The smallest absolute Gasteiger partial charge is 0.261 e.